The van der Waals surface area contributed by atoms with Crippen LogP contribution in [0.3, 0.4) is 0 Å². The third-order valence-corrected chi connectivity index (χ3v) is 2.90. The van der Waals surface area contributed by atoms with Gasteiger partial charge in [0.15, 0.2) is 5.75 Å². The summed E-state index contributed by atoms with van der Waals surface area (Å²) < 4.78 is 0. The lowest BCUT2D eigenvalue weighted by molar-refractivity contribution is 0.102. The van der Waals surface area contributed by atoms with E-state index in [4.69, 9.17) is 23.2 Å². The number of pyridine rings is 1. The van der Waals surface area contributed by atoms with Crippen molar-refractivity contribution in [2.45, 2.75) is 6.92 Å². The Labute approximate surface area is 120 Å². The number of carbonyl (C=O) groups excluding carboxylic acids is 1. The Morgan fingerprint density at radius 3 is 2.74 bits per heavy atom. The Kier molecular flexibility index (Phi) is 3.93. The predicted octanol–water partition coefficient (Wildman–Crippen LogP) is 3.65. The molecule has 0 aliphatic carbocycles. The number of halogens is 2. The molecule has 0 atom stereocenters. The van der Waals surface area contributed by atoms with E-state index in [1.54, 1.807) is 25.1 Å². The van der Waals surface area contributed by atoms with Crippen LogP contribution in [0.25, 0.3) is 0 Å². The molecule has 0 saturated carbocycles. The summed E-state index contributed by atoms with van der Waals surface area (Å²) in [6.45, 7) is 1.78. The first-order valence-corrected chi connectivity index (χ1v) is 6.16. The van der Waals surface area contributed by atoms with Crippen molar-refractivity contribution in [3.63, 3.8) is 0 Å². The van der Waals surface area contributed by atoms with Gasteiger partial charge in [-0.25, -0.2) is 4.98 Å². The topological polar surface area (TPSA) is 62.2 Å². The third-order valence-electron chi connectivity index (χ3n) is 2.40. The molecule has 0 aliphatic heterocycles. The number of nitrogens with one attached hydrogen (secondary N) is 1. The molecular weight excluding hydrogens is 287 g/mol. The van der Waals surface area contributed by atoms with Crippen LogP contribution in [0.1, 0.15) is 16.2 Å². The van der Waals surface area contributed by atoms with Crippen LogP contribution in [-0.4, -0.2) is 16.0 Å². The lowest BCUT2D eigenvalue weighted by atomic mass is 10.2. The minimum Gasteiger partial charge on any atom is -0.504 e. The van der Waals surface area contributed by atoms with Crippen LogP contribution in [0.4, 0.5) is 5.69 Å². The quantitative estimate of drug-likeness (QED) is 0.832. The van der Waals surface area contributed by atoms with Crippen LogP contribution >= 0.6 is 23.2 Å². The molecule has 2 N–H and O–H groups in total. The number of hydrogen-bond acceptors (Lipinski definition) is 3. The van der Waals surface area contributed by atoms with Gasteiger partial charge in [0.1, 0.15) is 5.69 Å². The third kappa shape index (κ3) is 3.16. The number of anilines is 1. The van der Waals surface area contributed by atoms with E-state index >= 15 is 0 Å². The predicted molar refractivity (Wildman–Crippen MR) is 75.1 cm³/mol. The summed E-state index contributed by atoms with van der Waals surface area (Å²) in [5, 5.41) is 12.6. The van der Waals surface area contributed by atoms with E-state index in [-0.39, 0.29) is 22.2 Å². The van der Waals surface area contributed by atoms with E-state index in [1.165, 1.54) is 12.1 Å². The minimum atomic E-state index is -0.447. The Balaban J connectivity index is 2.29. The first kappa shape index (κ1) is 13.6. The maximum absolute atomic E-state index is 12.0. The zero-order valence-electron chi connectivity index (χ0n) is 9.95. The van der Waals surface area contributed by atoms with Gasteiger partial charge in [0.2, 0.25) is 0 Å². The van der Waals surface area contributed by atoms with Crippen molar-refractivity contribution >= 4 is 34.8 Å². The molecule has 19 heavy (non-hydrogen) atoms. The Morgan fingerprint density at radius 1 is 1.32 bits per heavy atom. The van der Waals surface area contributed by atoms with E-state index in [9.17, 15) is 9.90 Å². The molecule has 0 aliphatic rings. The highest BCUT2D eigenvalue weighted by atomic mass is 35.5. The lowest BCUT2D eigenvalue weighted by Gasteiger charge is -2.09. The van der Waals surface area contributed by atoms with E-state index in [0.717, 1.165) is 5.69 Å². The molecule has 0 fully saturated rings. The average Bonchev–Trinajstić information content (AvgIpc) is 2.35. The highest BCUT2D eigenvalue weighted by molar-refractivity contribution is 6.36. The Hall–Kier alpha value is -1.78. The molecule has 1 aromatic carbocycles. The first-order chi connectivity index (χ1) is 8.97. The molecule has 1 aromatic heterocycles. The molecule has 0 radical (unpaired) electrons. The van der Waals surface area contributed by atoms with Crippen molar-refractivity contribution in [2.75, 3.05) is 5.32 Å². The molecule has 6 heteroatoms. The largest absolute Gasteiger partial charge is 0.504 e. The maximum atomic E-state index is 12.0. The van der Waals surface area contributed by atoms with Crippen molar-refractivity contribution in [3.8, 4) is 5.75 Å². The normalized spacial score (nSPS) is 10.3. The van der Waals surface area contributed by atoms with Gasteiger partial charge in [0, 0.05) is 10.7 Å². The molecule has 1 heterocycles. The number of nitrogens with zero attached hydrogens (tertiary/aromatic N) is 1. The Morgan fingerprint density at radius 2 is 2.05 bits per heavy atom. The van der Waals surface area contributed by atoms with E-state index in [1.807, 2.05) is 0 Å². The highest BCUT2D eigenvalue weighted by Crippen LogP contribution is 2.35. The van der Waals surface area contributed by atoms with Crippen molar-refractivity contribution in [1.29, 1.82) is 0 Å². The second-order valence-corrected chi connectivity index (χ2v) is 4.75. The number of benzene rings is 1. The van der Waals surface area contributed by atoms with Crippen molar-refractivity contribution in [2.24, 2.45) is 0 Å². The second kappa shape index (κ2) is 5.47. The summed E-state index contributed by atoms with van der Waals surface area (Å²) in [5.74, 6) is -0.676. The van der Waals surface area contributed by atoms with E-state index in [0.29, 0.717) is 5.02 Å². The maximum Gasteiger partial charge on any atom is 0.274 e. The molecule has 1 amide bonds. The van der Waals surface area contributed by atoms with Gasteiger partial charge in [-0.05, 0) is 31.2 Å². The number of carbonyl (C=O) groups is 1. The standard InChI is InChI=1S/C13H10Cl2N2O2/c1-7-3-2-4-10(16-7)13(19)17-11-6-8(14)5-9(15)12(11)18/h2-6,18H,1H3,(H,17,19). The van der Waals surface area contributed by atoms with Gasteiger partial charge in [0.05, 0.1) is 10.7 Å². The van der Waals surface area contributed by atoms with Crippen LogP contribution in [0.2, 0.25) is 10.0 Å². The van der Waals surface area contributed by atoms with Gasteiger partial charge in [-0.3, -0.25) is 4.79 Å². The van der Waals surface area contributed by atoms with Gasteiger partial charge >= 0.3 is 0 Å². The fourth-order valence-electron chi connectivity index (χ4n) is 1.52. The fraction of sp³-hybridized carbons (Fsp3) is 0.0769. The number of aromatic nitrogens is 1. The number of amides is 1. The molecular formula is C13H10Cl2N2O2. The zero-order chi connectivity index (χ0) is 14.0. The first-order valence-electron chi connectivity index (χ1n) is 5.40. The number of phenols is 1. The molecule has 98 valence electrons. The van der Waals surface area contributed by atoms with Gasteiger partial charge in [-0.1, -0.05) is 29.3 Å². The number of rotatable bonds is 2. The Bertz CT molecular complexity index is 645. The summed E-state index contributed by atoms with van der Waals surface area (Å²) >= 11 is 11.6. The van der Waals surface area contributed by atoms with Crippen LogP contribution in [0.15, 0.2) is 30.3 Å². The van der Waals surface area contributed by atoms with Gasteiger partial charge in [-0.2, -0.15) is 0 Å². The molecule has 2 rings (SSSR count). The molecule has 0 saturated heterocycles. The lowest BCUT2D eigenvalue weighted by Crippen LogP contribution is -2.14. The van der Waals surface area contributed by atoms with Crippen LogP contribution in [0, 0.1) is 6.92 Å². The number of aromatic hydroxyl groups is 1. The van der Waals surface area contributed by atoms with Crippen molar-refractivity contribution in [1.82, 2.24) is 4.98 Å². The van der Waals surface area contributed by atoms with Crippen LogP contribution < -0.4 is 5.32 Å². The minimum absolute atomic E-state index is 0.0694. The molecule has 2 aromatic rings. The number of aryl methyl sites for hydroxylation is 1. The SMILES string of the molecule is Cc1cccc(C(=O)Nc2cc(Cl)cc(Cl)c2O)n1. The molecule has 0 bridgehead atoms. The van der Waals surface area contributed by atoms with Crippen LogP contribution in [0.5, 0.6) is 5.75 Å². The van der Waals surface area contributed by atoms with Gasteiger partial charge < -0.3 is 10.4 Å². The van der Waals surface area contributed by atoms with Gasteiger partial charge in [-0.15, -0.1) is 0 Å². The molecule has 4 nitrogen and oxygen atoms in total. The highest BCUT2D eigenvalue weighted by Gasteiger charge is 2.13. The molecule has 0 unspecified atom stereocenters. The fourth-order valence-corrected chi connectivity index (χ4v) is 2.01. The van der Waals surface area contributed by atoms with Crippen molar-refractivity contribution in [3.05, 3.63) is 51.8 Å². The van der Waals surface area contributed by atoms with E-state index in [2.05, 4.69) is 10.3 Å². The number of hydrogen-bond donors (Lipinski definition) is 2. The summed E-state index contributed by atoms with van der Waals surface area (Å²) in [4.78, 5) is 16.1. The monoisotopic (exact) mass is 296 g/mol. The van der Waals surface area contributed by atoms with Crippen molar-refractivity contribution < 1.29 is 9.90 Å². The summed E-state index contributed by atoms with van der Waals surface area (Å²) in [5.41, 5.74) is 1.11. The zero-order valence-corrected chi connectivity index (χ0v) is 11.5. The van der Waals surface area contributed by atoms with Gasteiger partial charge in [0.25, 0.3) is 5.91 Å². The number of phenolic OH excluding ortho intramolecular Hbond substituents is 1. The van der Waals surface area contributed by atoms with Crippen LogP contribution in [-0.2, 0) is 0 Å². The summed E-state index contributed by atoms with van der Waals surface area (Å²) in [6, 6.07) is 7.88. The van der Waals surface area contributed by atoms with E-state index < -0.39 is 5.91 Å². The smallest absolute Gasteiger partial charge is 0.274 e. The summed E-state index contributed by atoms with van der Waals surface area (Å²) in [6.07, 6.45) is 0. The average molecular weight is 297 g/mol. The second-order valence-electron chi connectivity index (χ2n) is 3.90. The summed E-state index contributed by atoms with van der Waals surface area (Å²) in [7, 11) is 0. The molecule has 0 spiro atoms.